The molecule has 0 saturated carbocycles. The Hall–Kier alpha value is -0.810. The van der Waals surface area contributed by atoms with Crippen LogP contribution in [0, 0.1) is 0 Å². The summed E-state index contributed by atoms with van der Waals surface area (Å²) in [7, 11) is 2.08. The minimum atomic E-state index is 0.0586. The van der Waals surface area contributed by atoms with Gasteiger partial charge in [0.15, 0.2) is 0 Å². The number of urea groups is 1. The van der Waals surface area contributed by atoms with Crippen LogP contribution >= 0.6 is 0 Å². The predicted molar refractivity (Wildman–Crippen MR) is 58.6 cm³/mol. The fourth-order valence-electron chi connectivity index (χ4n) is 2.29. The third-order valence-electron chi connectivity index (χ3n) is 3.23. The summed E-state index contributed by atoms with van der Waals surface area (Å²) in [6.45, 7) is 3.54. The number of likely N-dealkylation sites (tertiary alicyclic amines) is 2. The van der Waals surface area contributed by atoms with E-state index in [4.69, 9.17) is 5.73 Å². The Morgan fingerprint density at radius 1 is 1.33 bits per heavy atom. The molecule has 5 nitrogen and oxygen atoms in total. The monoisotopic (exact) mass is 212 g/mol. The van der Waals surface area contributed by atoms with Crippen LogP contribution in [0.3, 0.4) is 0 Å². The van der Waals surface area contributed by atoms with Gasteiger partial charge in [0.05, 0.1) is 0 Å². The zero-order chi connectivity index (χ0) is 10.8. The number of rotatable bonds is 1. The van der Waals surface area contributed by atoms with Crippen LogP contribution < -0.4 is 11.1 Å². The number of nitrogens with zero attached hydrogens (tertiary/aromatic N) is 2. The molecule has 0 aliphatic carbocycles. The average molecular weight is 212 g/mol. The second kappa shape index (κ2) is 4.37. The number of nitrogens with one attached hydrogen (secondary N) is 1. The van der Waals surface area contributed by atoms with E-state index in [0.717, 1.165) is 32.5 Å². The van der Waals surface area contributed by atoms with Gasteiger partial charge in [-0.25, -0.2) is 4.79 Å². The molecule has 0 radical (unpaired) electrons. The summed E-state index contributed by atoms with van der Waals surface area (Å²) in [5.41, 5.74) is 5.76. The fraction of sp³-hybridized carbons (Fsp3) is 0.900. The summed E-state index contributed by atoms with van der Waals surface area (Å²) in [5.74, 6) is 0. The highest BCUT2D eigenvalue weighted by molar-refractivity contribution is 5.75. The molecular formula is C10H20N4O. The first-order chi connectivity index (χ1) is 7.15. The average Bonchev–Trinajstić information content (AvgIpc) is 2.75. The molecule has 5 heteroatoms. The molecule has 2 atom stereocenters. The summed E-state index contributed by atoms with van der Waals surface area (Å²) in [4.78, 5) is 15.9. The van der Waals surface area contributed by atoms with Gasteiger partial charge in [-0.2, -0.15) is 0 Å². The Labute approximate surface area is 90.6 Å². The number of hydrogen-bond donors (Lipinski definition) is 2. The first-order valence-corrected chi connectivity index (χ1v) is 5.64. The molecule has 2 saturated heterocycles. The summed E-state index contributed by atoms with van der Waals surface area (Å²) in [6.07, 6.45) is 1.99. The van der Waals surface area contributed by atoms with E-state index >= 15 is 0 Å². The lowest BCUT2D eigenvalue weighted by Crippen LogP contribution is -2.45. The molecule has 15 heavy (non-hydrogen) atoms. The van der Waals surface area contributed by atoms with Crippen LogP contribution in [0.5, 0.6) is 0 Å². The van der Waals surface area contributed by atoms with Crippen LogP contribution in [0.1, 0.15) is 12.8 Å². The van der Waals surface area contributed by atoms with Gasteiger partial charge in [-0.15, -0.1) is 0 Å². The highest BCUT2D eigenvalue weighted by Crippen LogP contribution is 2.10. The van der Waals surface area contributed by atoms with Gasteiger partial charge < -0.3 is 20.9 Å². The SMILES string of the molecule is CN1CC[C@@H](NC(=O)N2CC[C@H](N)C2)C1. The van der Waals surface area contributed by atoms with Crippen molar-refractivity contribution in [2.45, 2.75) is 24.9 Å². The molecule has 0 aromatic carbocycles. The van der Waals surface area contributed by atoms with Crippen LogP contribution in [0.25, 0.3) is 0 Å². The Balaban J connectivity index is 1.77. The third kappa shape index (κ3) is 2.60. The van der Waals surface area contributed by atoms with E-state index in [1.165, 1.54) is 0 Å². The van der Waals surface area contributed by atoms with E-state index in [2.05, 4.69) is 17.3 Å². The highest BCUT2D eigenvalue weighted by atomic mass is 16.2. The van der Waals surface area contributed by atoms with Gasteiger partial charge in [0.2, 0.25) is 0 Å². The van der Waals surface area contributed by atoms with Crippen molar-refractivity contribution in [1.29, 1.82) is 0 Å². The minimum absolute atomic E-state index is 0.0586. The molecular weight excluding hydrogens is 192 g/mol. The van der Waals surface area contributed by atoms with Gasteiger partial charge in [-0.3, -0.25) is 0 Å². The second-order valence-corrected chi connectivity index (χ2v) is 4.69. The van der Waals surface area contributed by atoms with Crippen molar-refractivity contribution in [3.05, 3.63) is 0 Å². The maximum atomic E-state index is 11.8. The number of hydrogen-bond acceptors (Lipinski definition) is 3. The molecule has 3 N–H and O–H groups in total. The molecule has 86 valence electrons. The Morgan fingerprint density at radius 2 is 2.13 bits per heavy atom. The number of amides is 2. The van der Waals surface area contributed by atoms with Crippen LogP contribution in [0.15, 0.2) is 0 Å². The van der Waals surface area contributed by atoms with Crippen molar-refractivity contribution in [3.8, 4) is 0 Å². The van der Waals surface area contributed by atoms with Gasteiger partial charge in [0.25, 0.3) is 0 Å². The Kier molecular flexibility index (Phi) is 3.11. The van der Waals surface area contributed by atoms with Crippen molar-refractivity contribution in [2.75, 3.05) is 33.2 Å². The van der Waals surface area contributed by atoms with Crippen LogP contribution in [-0.2, 0) is 0 Å². The lowest BCUT2D eigenvalue weighted by atomic mass is 10.3. The van der Waals surface area contributed by atoms with E-state index in [-0.39, 0.29) is 12.1 Å². The topological polar surface area (TPSA) is 61.6 Å². The summed E-state index contributed by atoms with van der Waals surface area (Å²) < 4.78 is 0. The smallest absolute Gasteiger partial charge is 0.317 e. The van der Waals surface area contributed by atoms with Crippen LogP contribution in [-0.4, -0.2) is 61.1 Å². The summed E-state index contributed by atoms with van der Waals surface area (Å²) in [5, 5.41) is 3.06. The molecule has 0 aromatic heterocycles. The molecule has 2 fully saturated rings. The quantitative estimate of drug-likeness (QED) is 0.612. The lowest BCUT2D eigenvalue weighted by Gasteiger charge is -2.20. The predicted octanol–water partition coefficient (Wildman–Crippen LogP) is -0.567. The van der Waals surface area contributed by atoms with Crippen molar-refractivity contribution in [2.24, 2.45) is 5.73 Å². The molecule has 0 spiro atoms. The summed E-state index contributed by atoms with van der Waals surface area (Å²) in [6, 6.07) is 0.546. The van der Waals surface area contributed by atoms with Gasteiger partial charge in [0, 0.05) is 31.7 Å². The number of carbonyl (C=O) groups excluding carboxylic acids is 1. The van der Waals surface area contributed by atoms with Gasteiger partial charge in [-0.1, -0.05) is 0 Å². The largest absolute Gasteiger partial charge is 0.334 e. The standard InChI is InChI=1S/C10H20N4O/c1-13-4-3-9(7-13)12-10(15)14-5-2-8(11)6-14/h8-9H,2-7,11H2,1H3,(H,12,15)/t8-,9+/m0/s1. The molecule has 2 aliphatic heterocycles. The first-order valence-electron chi connectivity index (χ1n) is 5.64. The number of carbonyl (C=O) groups is 1. The minimum Gasteiger partial charge on any atom is -0.334 e. The van der Waals surface area contributed by atoms with Crippen molar-refractivity contribution >= 4 is 6.03 Å². The highest BCUT2D eigenvalue weighted by Gasteiger charge is 2.27. The normalized spacial score (nSPS) is 32.3. The second-order valence-electron chi connectivity index (χ2n) is 4.69. The maximum Gasteiger partial charge on any atom is 0.317 e. The molecule has 0 unspecified atom stereocenters. The van der Waals surface area contributed by atoms with E-state index in [0.29, 0.717) is 12.6 Å². The van der Waals surface area contributed by atoms with E-state index in [1.54, 1.807) is 0 Å². The van der Waals surface area contributed by atoms with Crippen LogP contribution in [0.4, 0.5) is 4.79 Å². The third-order valence-corrected chi connectivity index (χ3v) is 3.23. The zero-order valence-electron chi connectivity index (χ0n) is 9.28. The van der Waals surface area contributed by atoms with Crippen molar-refractivity contribution in [3.63, 3.8) is 0 Å². The van der Waals surface area contributed by atoms with Gasteiger partial charge in [-0.05, 0) is 26.4 Å². The molecule has 2 rings (SSSR count). The fourth-order valence-corrected chi connectivity index (χ4v) is 2.29. The van der Waals surface area contributed by atoms with E-state index in [1.807, 2.05) is 4.90 Å². The molecule has 2 heterocycles. The maximum absolute atomic E-state index is 11.8. The van der Waals surface area contributed by atoms with E-state index < -0.39 is 0 Å². The van der Waals surface area contributed by atoms with Crippen molar-refractivity contribution < 1.29 is 4.79 Å². The molecule has 0 aromatic rings. The van der Waals surface area contributed by atoms with Crippen LogP contribution in [0.2, 0.25) is 0 Å². The number of nitrogens with two attached hydrogens (primary N) is 1. The Morgan fingerprint density at radius 3 is 2.67 bits per heavy atom. The zero-order valence-corrected chi connectivity index (χ0v) is 9.28. The summed E-state index contributed by atoms with van der Waals surface area (Å²) >= 11 is 0. The number of likely N-dealkylation sites (N-methyl/N-ethyl adjacent to an activating group) is 1. The van der Waals surface area contributed by atoms with E-state index in [9.17, 15) is 4.79 Å². The first kappa shape index (κ1) is 10.7. The lowest BCUT2D eigenvalue weighted by molar-refractivity contribution is 0.204. The Bertz CT molecular complexity index is 246. The molecule has 2 aliphatic rings. The van der Waals surface area contributed by atoms with Crippen molar-refractivity contribution in [1.82, 2.24) is 15.1 Å². The molecule has 2 amide bonds. The van der Waals surface area contributed by atoms with Gasteiger partial charge >= 0.3 is 6.03 Å². The van der Waals surface area contributed by atoms with Gasteiger partial charge in [0.1, 0.15) is 0 Å². The molecule has 0 bridgehead atoms.